The van der Waals surface area contributed by atoms with Crippen molar-refractivity contribution in [3.63, 3.8) is 0 Å². The summed E-state index contributed by atoms with van der Waals surface area (Å²) in [6.07, 6.45) is 0. The number of ketones is 1. The van der Waals surface area contributed by atoms with E-state index in [1.54, 1.807) is 12.1 Å². The zero-order chi connectivity index (χ0) is 26.7. The van der Waals surface area contributed by atoms with Crippen molar-refractivity contribution < 1.29 is 33.7 Å². The van der Waals surface area contributed by atoms with Crippen LogP contribution >= 0.6 is 23.2 Å². The van der Waals surface area contributed by atoms with E-state index in [0.717, 1.165) is 0 Å². The van der Waals surface area contributed by atoms with Gasteiger partial charge in [-0.1, -0.05) is 29.3 Å². The number of carbonyl (C=O) groups is 3. The summed E-state index contributed by atoms with van der Waals surface area (Å²) in [5.41, 5.74) is 0.405. The molecule has 2 aromatic rings. The first-order valence-corrected chi connectivity index (χ1v) is 11.6. The molecule has 1 aliphatic rings. The number of ether oxygens (including phenoxy) is 3. The normalized spacial score (nSPS) is 17.0. The molecule has 1 saturated heterocycles. The molecule has 0 bridgehead atoms. The number of hydrogen-bond donors (Lipinski definition) is 1. The van der Waals surface area contributed by atoms with Gasteiger partial charge >= 0.3 is 5.97 Å². The van der Waals surface area contributed by atoms with Gasteiger partial charge in [-0.05, 0) is 43.9 Å². The lowest BCUT2D eigenvalue weighted by molar-refractivity contribution is -0.140. The van der Waals surface area contributed by atoms with Crippen LogP contribution in [0.5, 0.6) is 17.2 Å². The minimum absolute atomic E-state index is 0.108. The highest BCUT2D eigenvalue weighted by molar-refractivity contribution is 6.46. The highest BCUT2D eigenvalue weighted by Gasteiger charge is 2.46. The number of esters is 1. The van der Waals surface area contributed by atoms with Crippen molar-refractivity contribution >= 4 is 46.6 Å². The Morgan fingerprint density at radius 3 is 2.22 bits per heavy atom. The highest BCUT2D eigenvalue weighted by atomic mass is 35.5. The van der Waals surface area contributed by atoms with E-state index >= 15 is 0 Å². The number of methoxy groups -OCH3 is 2. The third kappa shape index (κ3) is 5.43. The average molecular weight is 537 g/mol. The van der Waals surface area contributed by atoms with Gasteiger partial charge < -0.3 is 29.1 Å². The summed E-state index contributed by atoms with van der Waals surface area (Å²) in [7, 11) is 6.48. The van der Waals surface area contributed by atoms with Crippen LogP contribution in [0.15, 0.2) is 35.9 Å². The van der Waals surface area contributed by atoms with Crippen molar-refractivity contribution in [2.75, 3.05) is 41.4 Å². The minimum atomic E-state index is -0.982. The van der Waals surface area contributed by atoms with Gasteiger partial charge in [0, 0.05) is 25.6 Å². The predicted molar refractivity (Wildman–Crippen MR) is 135 cm³/mol. The number of nitrogens with zero attached hydrogens (tertiary/aromatic N) is 2. The first-order chi connectivity index (χ1) is 17.0. The predicted octanol–water partition coefficient (Wildman–Crippen LogP) is 3.92. The van der Waals surface area contributed by atoms with Crippen LogP contribution in [0.25, 0.3) is 5.76 Å². The van der Waals surface area contributed by atoms with E-state index in [1.807, 2.05) is 19.0 Å². The summed E-state index contributed by atoms with van der Waals surface area (Å²) in [5, 5.41) is 11.5. The summed E-state index contributed by atoms with van der Waals surface area (Å²) in [5.74, 6) is -2.08. The SMILES string of the molecule is COc1ccc(C2/C(=C(\O)c3cc(Cl)c(OC)c(Cl)c3)C(=O)C(=O)N2CCN(C)C)cc1OC(C)=O. The number of carbonyl (C=O) groups excluding carboxylic acids is 3. The summed E-state index contributed by atoms with van der Waals surface area (Å²) in [6, 6.07) is 6.49. The van der Waals surface area contributed by atoms with Gasteiger partial charge in [-0.3, -0.25) is 14.4 Å². The van der Waals surface area contributed by atoms with Crippen LogP contribution < -0.4 is 14.2 Å². The largest absolute Gasteiger partial charge is 0.507 e. The molecule has 1 N–H and O–H groups in total. The summed E-state index contributed by atoms with van der Waals surface area (Å²) < 4.78 is 15.7. The molecule has 192 valence electrons. The van der Waals surface area contributed by atoms with E-state index in [2.05, 4.69) is 0 Å². The van der Waals surface area contributed by atoms with Crippen molar-refractivity contribution in [1.29, 1.82) is 0 Å². The van der Waals surface area contributed by atoms with Crippen LogP contribution in [0.4, 0.5) is 0 Å². The second kappa shape index (κ2) is 11.2. The fourth-order valence-electron chi connectivity index (χ4n) is 3.91. The van der Waals surface area contributed by atoms with E-state index in [-0.39, 0.29) is 45.0 Å². The fourth-order valence-corrected chi connectivity index (χ4v) is 4.55. The number of halogens is 2. The molecule has 0 aromatic heterocycles. The lowest BCUT2D eigenvalue weighted by Crippen LogP contribution is -2.35. The van der Waals surface area contributed by atoms with Crippen molar-refractivity contribution in [3.05, 3.63) is 57.1 Å². The Kier molecular flexibility index (Phi) is 8.50. The fraction of sp³-hybridized carbons (Fsp3) is 0.320. The molecular weight excluding hydrogens is 511 g/mol. The van der Waals surface area contributed by atoms with Gasteiger partial charge in [0.25, 0.3) is 11.7 Å². The van der Waals surface area contributed by atoms with Gasteiger partial charge in [0.05, 0.1) is 35.9 Å². The molecule has 36 heavy (non-hydrogen) atoms. The molecule has 9 nitrogen and oxygen atoms in total. The smallest absolute Gasteiger partial charge is 0.308 e. The molecule has 0 aliphatic carbocycles. The van der Waals surface area contributed by atoms with Gasteiger partial charge in [-0.15, -0.1) is 0 Å². The Hall–Kier alpha value is -3.27. The van der Waals surface area contributed by atoms with E-state index < -0.39 is 29.5 Å². The Balaban J connectivity index is 2.24. The van der Waals surface area contributed by atoms with Gasteiger partial charge in [0.1, 0.15) is 5.76 Å². The van der Waals surface area contributed by atoms with Gasteiger partial charge in [-0.2, -0.15) is 0 Å². The minimum Gasteiger partial charge on any atom is -0.507 e. The molecule has 1 heterocycles. The molecule has 1 unspecified atom stereocenters. The van der Waals surface area contributed by atoms with E-state index in [9.17, 15) is 19.5 Å². The molecule has 1 fully saturated rings. The third-order valence-electron chi connectivity index (χ3n) is 5.56. The van der Waals surface area contributed by atoms with Crippen molar-refractivity contribution in [3.8, 4) is 17.2 Å². The molecule has 3 rings (SSSR count). The number of benzene rings is 2. The molecule has 11 heteroatoms. The van der Waals surface area contributed by atoms with Crippen LogP contribution in [0.2, 0.25) is 10.0 Å². The number of aliphatic hydroxyl groups is 1. The zero-order valence-corrected chi connectivity index (χ0v) is 21.9. The van der Waals surface area contributed by atoms with Crippen molar-refractivity contribution in [1.82, 2.24) is 9.80 Å². The Morgan fingerprint density at radius 1 is 1.06 bits per heavy atom. The zero-order valence-electron chi connectivity index (χ0n) is 20.4. The number of hydrogen-bond acceptors (Lipinski definition) is 8. The molecule has 1 atom stereocenters. The lowest BCUT2D eigenvalue weighted by atomic mass is 9.95. The quantitative estimate of drug-likeness (QED) is 0.178. The molecule has 0 radical (unpaired) electrons. The number of likely N-dealkylation sites (tertiary alicyclic amines) is 1. The third-order valence-corrected chi connectivity index (χ3v) is 6.12. The second-order valence-electron chi connectivity index (χ2n) is 8.27. The average Bonchev–Trinajstić information content (AvgIpc) is 3.06. The van der Waals surface area contributed by atoms with Crippen molar-refractivity contribution in [2.45, 2.75) is 13.0 Å². The Morgan fingerprint density at radius 2 is 1.69 bits per heavy atom. The monoisotopic (exact) mass is 536 g/mol. The maximum absolute atomic E-state index is 13.2. The first kappa shape index (κ1) is 27.3. The van der Waals surface area contributed by atoms with E-state index in [0.29, 0.717) is 12.1 Å². The number of rotatable bonds is 8. The van der Waals surface area contributed by atoms with Crippen LogP contribution in [0, 0.1) is 0 Å². The maximum atomic E-state index is 13.2. The number of likely N-dealkylation sites (N-methyl/N-ethyl adjacent to an activating group) is 1. The van der Waals surface area contributed by atoms with Gasteiger partial charge in [-0.25, -0.2) is 0 Å². The molecule has 0 spiro atoms. The Bertz CT molecular complexity index is 1220. The van der Waals surface area contributed by atoms with Gasteiger partial charge in [0.2, 0.25) is 0 Å². The molecule has 1 amide bonds. The van der Waals surface area contributed by atoms with E-state index in [1.165, 1.54) is 44.2 Å². The van der Waals surface area contributed by atoms with Crippen LogP contribution in [-0.2, 0) is 14.4 Å². The molecule has 2 aromatic carbocycles. The van der Waals surface area contributed by atoms with Crippen LogP contribution in [-0.4, -0.2) is 74.0 Å². The maximum Gasteiger partial charge on any atom is 0.308 e. The standard InChI is InChI=1S/C25H26Cl2N2O7/c1-13(30)36-19-12-14(6-7-18(19)34-4)21-20(23(32)25(33)29(21)9-8-28(2)3)22(31)15-10-16(26)24(35-5)17(27)11-15/h6-7,10-12,21,31H,8-9H2,1-5H3/b22-20+. The summed E-state index contributed by atoms with van der Waals surface area (Å²) in [6.45, 7) is 1.89. The number of amides is 1. The summed E-state index contributed by atoms with van der Waals surface area (Å²) >= 11 is 12.5. The first-order valence-electron chi connectivity index (χ1n) is 10.8. The summed E-state index contributed by atoms with van der Waals surface area (Å²) in [4.78, 5) is 41.2. The van der Waals surface area contributed by atoms with Crippen molar-refractivity contribution in [2.24, 2.45) is 0 Å². The van der Waals surface area contributed by atoms with Crippen LogP contribution in [0.1, 0.15) is 24.1 Å². The Labute approximate surface area is 218 Å². The van der Waals surface area contributed by atoms with E-state index in [4.69, 9.17) is 37.4 Å². The lowest BCUT2D eigenvalue weighted by Gasteiger charge is -2.27. The van der Waals surface area contributed by atoms with Gasteiger partial charge in [0.15, 0.2) is 17.2 Å². The number of aliphatic hydroxyl groups excluding tert-OH is 1. The number of Topliss-reactive ketones (excluding diaryl/α,β-unsaturated/α-hetero) is 1. The molecule has 0 saturated carbocycles. The topological polar surface area (TPSA) is 106 Å². The molecule has 1 aliphatic heterocycles. The second-order valence-corrected chi connectivity index (χ2v) is 9.09. The molecular formula is C25H26Cl2N2O7. The highest BCUT2D eigenvalue weighted by Crippen LogP contribution is 2.43. The van der Waals surface area contributed by atoms with Crippen LogP contribution in [0.3, 0.4) is 0 Å².